The Kier molecular flexibility index (Phi) is 2.13. The number of aryl methyl sites for hydroxylation is 3. The molecule has 17 heavy (non-hydrogen) atoms. The summed E-state index contributed by atoms with van der Waals surface area (Å²) in [7, 11) is 0. The molecule has 3 nitrogen and oxygen atoms in total. The van der Waals surface area contributed by atoms with Crippen LogP contribution in [0.4, 0.5) is 0 Å². The van der Waals surface area contributed by atoms with E-state index in [9.17, 15) is 0 Å². The fraction of sp³-hybridized carbons (Fsp3) is 0.231. The van der Waals surface area contributed by atoms with Crippen LogP contribution in [0.1, 0.15) is 16.8 Å². The number of rotatable bonds is 0. The highest BCUT2D eigenvalue weighted by atomic mass is 35.5. The summed E-state index contributed by atoms with van der Waals surface area (Å²) in [6, 6.07) is 4.20. The summed E-state index contributed by atoms with van der Waals surface area (Å²) in [5.41, 5.74) is 6.22. The number of halogens is 1. The molecule has 0 aliphatic carbocycles. The zero-order valence-electron chi connectivity index (χ0n) is 9.95. The van der Waals surface area contributed by atoms with E-state index >= 15 is 0 Å². The molecule has 0 saturated carbocycles. The van der Waals surface area contributed by atoms with Gasteiger partial charge in [0.15, 0.2) is 10.8 Å². The van der Waals surface area contributed by atoms with Crippen LogP contribution in [0.15, 0.2) is 18.3 Å². The third-order valence-corrected chi connectivity index (χ3v) is 3.43. The van der Waals surface area contributed by atoms with Crippen molar-refractivity contribution < 1.29 is 0 Å². The van der Waals surface area contributed by atoms with Gasteiger partial charge in [0.05, 0.1) is 11.0 Å². The van der Waals surface area contributed by atoms with Gasteiger partial charge in [0.2, 0.25) is 0 Å². The van der Waals surface area contributed by atoms with Gasteiger partial charge in [-0.3, -0.25) is 4.40 Å². The predicted octanol–water partition coefficient (Wildman–Crippen LogP) is 3.46. The first-order valence-corrected chi connectivity index (χ1v) is 5.86. The van der Waals surface area contributed by atoms with Gasteiger partial charge in [0, 0.05) is 11.9 Å². The molecular formula is C13H12ClN3. The first-order valence-electron chi connectivity index (χ1n) is 5.48. The Balaban J connectivity index is 2.62. The third-order valence-electron chi connectivity index (χ3n) is 3.17. The van der Waals surface area contributed by atoms with E-state index in [0.29, 0.717) is 5.15 Å². The largest absolute Gasteiger partial charge is 0.293 e. The van der Waals surface area contributed by atoms with E-state index in [1.165, 1.54) is 11.1 Å². The molecule has 0 amide bonds. The molecule has 0 atom stereocenters. The van der Waals surface area contributed by atoms with Gasteiger partial charge in [-0.15, -0.1) is 0 Å². The zero-order chi connectivity index (χ0) is 12.2. The highest BCUT2D eigenvalue weighted by molar-refractivity contribution is 6.32. The molecular weight excluding hydrogens is 234 g/mol. The first-order chi connectivity index (χ1) is 8.08. The van der Waals surface area contributed by atoms with E-state index in [1.807, 2.05) is 13.1 Å². The van der Waals surface area contributed by atoms with E-state index in [-0.39, 0.29) is 0 Å². The Labute approximate surface area is 104 Å². The summed E-state index contributed by atoms with van der Waals surface area (Å²) in [6.45, 7) is 6.20. The third kappa shape index (κ3) is 1.42. The second kappa shape index (κ2) is 3.44. The second-order valence-electron chi connectivity index (χ2n) is 4.39. The maximum atomic E-state index is 6.15. The van der Waals surface area contributed by atoms with Crippen LogP contribution in [0.2, 0.25) is 5.15 Å². The molecule has 2 aromatic heterocycles. The average molecular weight is 246 g/mol. The van der Waals surface area contributed by atoms with Crippen molar-refractivity contribution in [3.8, 4) is 0 Å². The Morgan fingerprint density at radius 3 is 2.59 bits per heavy atom. The van der Waals surface area contributed by atoms with Crippen LogP contribution in [0.25, 0.3) is 16.7 Å². The van der Waals surface area contributed by atoms with Gasteiger partial charge in [-0.2, -0.15) is 0 Å². The zero-order valence-corrected chi connectivity index (χ0v) is 10.7. The van der Waals surface area contributed by atoms with Gasteiger partial charge < -0.3 is 0 Å². The minimum absolute atomic E-state index is 0.453. The SMILES string of the molecule is Cc1cc2nc(Cl)c3ncc(C)n3c2cc1C. The van der Waals surface area contributed by atoms with Gasteiger partial charge >= 0.3 is 0 Å². The van der Waals surface area contributed by atoms with Crippen molar-refractivity contribution in [3.63, 3.8) is 0 Å². The molecule has 2 heterocycles. The average Bonchev–Trinajstić information content (AvgIpc) is 2.65. The van der Waals surface area contributed by atoms with Crippen LogP contribution in [-0.2, 0) is 0 Å². The maximum Gasteiger partial charge on any atom is 0.175 e. The molecule has 0 fully saturated rings. The molecule has 0 saturated heterocycles. The van der Waals surface area contributed by atoms with E-state index in [4.69, 9.17) is 11.6 Å². The summed E-state index contributed by atoms with van der Waals surface area (Å²) < 4.78 is 2.05. The minimum Gasteiger partial charge on any atom is -0.293 e. The molecule has 3 rings (SSSR count). The molecule has 0 radical (unpaired) electrons. The molecule has 0 spiro atoms. The summed E-state index contributed by atoms with van der Waals surface area (Å²) in [5, 5.41) is 0.453. The fourth-order valence-corrected chi connectivity index (χ4v) is 2.32. The smallest absolute Gasteiger partial charge is 0.175 e. The summed E-state index contributed by atoms with van der Waals surface area (Å²) >= 11 is 6.15. The van der Waals surface area contributed by atoms with Crippen molar-refractivity contribution in [2.24, 2.45) is 0 Å². The number of imidazole rings is 1. The van der Waals surface area contributed by atoms with Gasteiger partial charge in [-0.25, -0.2) is 9.97 Å². The molecule has 0 aliphatic heterocycles. The van der Waals surface area contributed by atoms with Crippen LogP contribution < -0.4 is 0 Å². The second-order valence-corrected chi connectivity index (χ2v) is 4.74. The Morgan fingerprint density at radius 2 is 1.82 bits per heavy atom. The summed E-state index contributed by atoms with van der Waals surface area (Å²) in [4.78, 5) is 8.69. The van der Waals surface area contributed by atoms with Gasteiger partial charge in [-0.05, 0) is 44.0 Å². The van der Waals surface area contributed by atoms with Crippen molar-refractivity contribution >= 4 is 28.3 Å². The quantitative estimate of drug-likeness (QED) is 0.607. The number of nitrogens with zero attached hydrogens (tertiary/aromatic N) is 3. The first kappa shape index (κ1) is 10.5. The number of hydrogen-bond acceptors (Lipinski definition) is 2. The number of aromatic nitrogens is 3. The molecule has 4 heteroatoms. The lowest BCUT2D eigenvalue weighted by Crippen LogP contribution is -1.96. The standard InChI is InChI=1S/C13H12ClN3/c1-7-4-10-11(5-8(7)2)17-9(3)6-15-13(17)12(14)16-10/h4-6H,1-3H3. The maximum absolute atomic E-state index is 6.15. The topological polar surface area (TPSA) is 30.2 Å². The number of fused-ring (bicyclic) bond motifs is 3. The van der Waals surface area contributed by atoms with Crippen molar-refractivity contribution in [2.45, 2.75) is 20.8 Å². The van der Waals surface area contributed by atoms with Crippen LogP contribution in [-0.4, -0.2) is 14.4 Å². The van der Waals surface area contributed by atoms with E-state index in [2.05, 4.69) is 40.3 Å². The molecule has 0 bridgehead atoms. The Bertz CT molecular complexity index is 743. The highest BCUT2D eigenvalue weighted by Crippen LogP contribution is 2.24. The van der Waals surface area contributed by atoms with Crippen LogP contribution in [0.5, 0.6) is 0 Å². The molecule has 0 unspecified atom stereocenters. The van der Waals surface area contributed by atoms with Crippen molar-refractivity contribution in [1.82, 2.24) is 14.4 Å². The molecule has 0 N–H and O–H groups in total. The van der Waals surface area contributed by atoms with Gasteiger partial charge in [-0.1, -0.05) is 11.6 Å². The molecule has 86 valence electrons. The van der Waals surface area contributed by atoms with Crippen molar-refractivity contribution in [2.75, 3.05) is 0 Å². The minimum atomic E-state index is 0.453. The van der Waals surface area contributed by atoms with Crippen LogP contribution in [0.3, 0.4) is 0 Å². The monoisotopic (exact) mass is 245 g/mol. The van der Waals surface area contributed by atoms with Crippen LogP contribution >= 0.6 is 11.6 Å². The molecule has 0 aliphatic rings. The summed E-state index contributed by atoms with van der Waals surface area (Å²) in [6.07, 6.45) is 1.82. The predicted molar refractivity (Wildman–Crippen MR) is 69.7 cm³/mol. The van der Waals surface area contributed by atoms with Gasteiger partial charge in [0.1, 0.15) is 0 Å². The highest BCUT2D eigenvalue weighted by Gasteiger charge is 2.10. The fourth-order valence-electron chi connectivity index (χ4n) is 2.10. The number of hydrogen-bond donors (Lipinski definition) is 0. The van der Waals surface area contributed by atoms with Gasteiger partial charge in [0.25, 0.3) is 0 Å². The van der Waals surface area contributed by atoms with Crippen molar-refractivity contribution in [1.29, 1.82) is 0 Å². The Morgan fingerprint density at radius 1 is 1.12 bits per heavy atom. The lowest BCUT2D eigenvalue weighted by molar-refractivity contribution is 1.13. The van der Waals surface area contributed by atoms with E-state index < -0.39 is 0 Å². The lowest BCUT2D eigenvalue weighted by Gasteiger charge is -2.08. The number of benzene rings is 1. The Hall–Kier alpha value is -1.61. The van der Waals surface area contributed by atoms with Crippen molar-refractivity contribution in [3.05, 3.63) is 40.3 Å². The van der Waals surface area contributed by atoms with E-state index in [1.54, 1.807) is 0 Å². The molecule has 3 aromatic rings. The summed E-state index contributed by atoms with van der Waals surface area (Å²) in [5.74, 6) is 0. The van der Waals surface area contributed by atoms with E-state index in [0.717, 1.165) is 22.4 Å². The molecule has 1 aromatic carbocycles. The lowest BCUT2D eigenvalue weighted by atomic mass is 10.1. The van der Waals surface area contributed by atoms with Crippen LogP contribution in [0, 0.1) is 20.8 Å². The normalized spacial score (nSPS) is 11.5.